The van der Waals surface area contributed by atoms with Crippen LogP contribution in [0.25, 0.3) is 0 Å². The third-order valence-electron chi connectivity index (χ3n) is 8.06. The van der Waals surface area contributed by atoms with Gasteiger partial charge in [-0.1, -0.05) is 25.7 Å². The Hall–Kier alpha value is -2.76. The number of carbonyl (C=O) groups is 2. The van der Waals surface area contributed by atoms with Gasteiger partial charge in [-0.15, -0.1) is 0 Å². The van der Waals surface area contributed by atoms with Crippen LogP contribution in [0.4, 0.5) is 18.9 Å². The van der Waals surface area contributed by atoms with Crippen molar-refractivity contribution in [2.75, 3.05) is 31.1 Å². The molecule has 1 aliphatic carbocycles. The first-order valence-corrected chi connectivity index (χ1v) is 12.1. The number of amides is 2. The Balaban J connectivity index is 1.51. The molecule has 6 nitrogen and oxygen atoms in total. The molecule has 3 aliphatic rings. The van der Waals surface area contributed by atoms with Crippen LogP contribution in [0.15, 0.2) is 18.2 Å². The van der Waals surface area contributed by atoms with E-state index in [0.29, 0.717) is 38.2 Å². The van der Waals surface area contributed by atoms with Gasteiger partial charge in [0.1, 0.15) is 0 Å². The normalized spacial score (nSPS) is 23.5. The van der Waals surface area contributed by atoms with Crippen LogP contribution in [-0.2, 0) is 15.8 Å². The third-order valence-corrected chi connectivity index (χ3v) is 8.06. The predicted molar refractivity (Wildman–Crippen MR) is 120 cm³/mol. The summed E-state index contributed by atoms with van der Waals surface area (Å²) in [7, 11) is 0. The molecule has 1 spiro atoms. The highest BCUT2D eigenvalue weighted by Crippen LogP contribution is 2.47. The summed E-state index contributed by atoms with van der Waals surface area (Å²) in [6.45, 7) is 1.70. The Morgan fingerprint density at radius 2 is 1.74 bits per heavy atom. The van der Waals surface area contributed by atoms with Gasteiger partial charge in [0.2, 0.25) is 11.8 Å². The fourth-order valence-corrected chi connectivity index (χ4v) is 6.08. The minimum Gasteiger partial charge on any atom is -0.370 e. The summed E-state index contributed by atoms with van der Waals surface area (Å²) in [6.07, 6.45) is 2.91. The zero-order chi connectivity index (χ0) is 24.5. The van der Waals surface area contributed by atoms with E-state index in [1.165, 1.54) is 25.0 Å². The number of benzene rings is 1. The molecule has 184 valence electrons. The lowest BCUT2D eigenvalue weighted by Gasteiger charge is -2.42. The molecule has 0 aromatic heterocycles. The Morgan fingerprint density at radius 1 is 1.09 bits per heavy atom. The summed E-state index contributed by atoms with van der Waals surface area (Å²) in [5.74, 6) is -0.699. The molecule has 1 aromatic carbocycles. The fourth-order valence-electron chi connectivity index (χ4n) is 6.08. The van der Waals surface area contributed by atoms with Gasteiger partial charge in [-0.25, -0.2) is 0 Å². The van der Waals surface area contributed by atoms with Crippen molar-refractivity contribution in [1.29, 1.82) is 5.26 Å². The van der Waals surface area contributed by atoms with E-state index in [1.807, 2.05) is 4.90 Å². The van der Waals surface area contributed by atoms with Crippen LogP contribution in [0.2, 0.25) is 0 Å². The van der Waals surface area contributed by atoms with E-state index in [1.54, 1.807) is 11.0 Å². The second kappa shape index (κ2) is 9.47. The standard InChI is InChI=1S/C25H31F3N4O2/c26-25(27,28)20-13-19(8-7-18(20)14-29)32-15-21(22(30)33)24(16-32)9-11-31(12-10-24)23(34)17-5-3-1-2-4-6-17/h7-8,13,17,21H,1-6,9-12,15-16H2,(H2,30,33). The minimum atomic E-state index is -4.65. The molecule has 1 atom stereocenters. The van der Waals surface area contributed by atoms with Crippen molar-refractivity contribution < 1.29 is 22.8 Å². The summed E-state index contributed by atoms with van der Waals surface area (Å²) in [5, 5.41) is 9.07. The maximum atomic E-state index is 13.5. The van der Waals surface area contributed by atoms with Crippen LogP contribution in [0.3, 0.4) is 0 Å². The molecule has 0 radical (unpaired) electrons. The van der Waals surface area contributed by atoms with Gasteiger partial charge in [0.15, 0.2) is 0 Å². The topological polar surface area (TPSA) is 90.4 Å². The zero-order valence-corrected chi connectivity index (χ0v) is 19.2. The van der Waals surface area contributed by atoms with Crippen molar-refractivity contribution in [3.63, 3.8) is 0 Å². The van der Waals surface area contributed by atoms with Gasteiger partial charge in [-0.2, -0.15) is 18.4 Å². The summed E-state index contributed by atoms with van der Waals surface area (Å²) in [5.41, 5.74) is 4.19. The quantitative estimate of drug-likeness (QED) is 0.666. The van der Waals surface area contributed by atoms with E-state index in [9.17, 15) is 22.8 Å². The second-order valence-corrected chi connectivity index (χ2v) is 10.1. The van der Waals surface area contributed by atoms with Crippen LogP contribution >= 0.6 is 0 Å². The number of nitriles is 1. The number of nitrogens with zero attached hydrogens (tertiary/aromatic N) is 3. The van der Waals surface area contributed by atoms with Crippen molar-refractivity contribution >= 4 is 17.5 Å². The minimum absolute atomic E-state index is 0.0722. The first-order chi connectivity index (χ1) is 16.1. The molecule has 1 saturated carbocycles. The lowest BCUT2D eigenvalue weighted by molar-refractivity contribution is -0.139. The SMILES string of the molecule is N#Cc1ccc(N2CC(C(N)=O)C3(CCN(C(=O)C4CCCCCC4)CC3)C2)cc1C(F)(F)F. The van der Waals surface area contributed by atoms with Crippen LogP contribution in [0, 0.1) is 28.6 Å². The number of carbonyl (C=O) groups excluding carboxylic acids is 2. The number of nitrogens with two attached hydrogens (primary N) is 1. The molecular weight excluding hydrogens is 445 g/mol. The molecule has 2 N–H and O–H groups in total. The maximum absolute atomic E-state index is 13.5. The van der Waals surface area contributed by atoms with Crippen molar-refractivity contribution in [3.05, 3.63) is 29.3 Å². The maximum Gasteiger partial charge on any atom is 0.417 e. The number of anilines is 1. The molecule has 9 heteroatoms. The smallest absolute Gasteiger partial charge is 0.370 e. The number of hydrogen-bond acceptors (Lipinski definition) is 4. The molecule has 2 aliphatic heterocycles. The monoisotopic (exact) mass is 476 g/mol. The van der Waals surface area contributed by atoms with Crippen LogP contribution < -0.4 is 10.6 Å². The number of piperidine rings is 1. The lowest BCUT2D eigenvalue weighted by atomic mass is 9.70. The van der Waals surface area contributed by atoms with E-state index in [-0.39, 0.29) is 18.4 Å². The molecule has 1 unspecified atom stereocenters. The van der Waals surface area contributed by atoms with Gasteiger partial charge in [0.25, 0.3) is 0 Å². The van der Waals surface area contributed by atoms with Gasteiger partial charge in [0.05, 0.1) is 23.1 Å². The first-order valence-electron chi connectivity index (χ1n) is 12.1. The van der Waals surface area contributed by atoms with Gasteiger partial charge >= 0.3 is 6.18 Å². The van der Waals surface area contributed by atoms with Gasteiger partial charge in [-0.3, -0.25) is 9.59 Å². The van der Waals surface area contributed by atoms with E-state index in [2.05, 4.69) is 0 Å². The van der Waals surface area contributed by atoms with E-state index in [4.69, 9.17) is 11.0 Å². The summed E-state index contributed by atoms with van der Waals surface area (Å²) < 4.78 is 40.4. The summed E-state index contributed by atoms with van der Waals surface area (Å²) in [4.78, 5) is 29.1. The van der Waals surface area contributed by atoms with Crippen LogP contribution in [0.1, 0.15) is 62.5 Å². The number of hydrogen-bond donors (Lipinski definition) is 1. The van der Waals surface area contributed by atoms with Gasteiger partial charge < -0.3 is 15.5 Å². The highest BCUT2D eigenvalue weighted by molar-refractivity contribution is 5.81. The average molecular weight is 477 g/mol. The molecule has 0 bridgehead atoms. The van der Waals surface area contributed by atoms with Crippen molar-refractivity contribution in [1.82, 2.24) is 4.90 Å². The lowest BCUT2D eigenvalue weighted by Crippen LogP contribution is -2.50. The third kappa shape index (κ3) is 4.73. The molecule has 34 heavy (non-hydrogen) atoms. The zero-order valence-electron chi connectivity index (χ0n) is 19.2. The highest BCUT2D eigenvalue weighted by atomic mass is 19.4. The van der Waals surface area contributed by atoms with E-state index < -0.39 is 34.5 Å². The van der Waals surface area contributed by atoms with Crippen molar-refractivity contribution in [3.8, 4) is 6.07 Å². The second-order valence-electron chi connectivity index (χ2n) is 10.1. The van der Waals surface area contributed by atoms with E-state index in [0.717, 1.165) is 31.7 Å². The number of primary amides is 1. The highest BCUT2D eigenvalue weighted by Gasteiger charge is 2.51. The Kier molecular flexibility index (Phi) is 6.79. The van der Waals surface area contributed by atoms with Crippen LogP contribution in [-0.4, -0.2) is 42.9 Å². The molecule has 4 rings (SSSR count). The molecular formula is C25H31F3N4O2. The molecule has 1 aromatic rings. The number of likely N-dealkylation sites (tertiary alicyclic amines) is 1. The molecule has 2 saturated heterocycles. The molecule has 2 heterocycles. The Bertz CT molecular complexity index is 971. The van der Waals surface area contributed by atoms with Crippen molar-refractivity contribution in [2.24, 2.45) is 23.0 Å². The van der Waals surface area contributed by atoms with Gasteiger partial charge in [0, 0.05) is 43.2 Å². The van der Waals surface area contributed by atoms with Crippen molar-refractivity contribution in [2.45, 2.75) is 57.5 Å². The Morgan fingerprint density at radius 3 is 2.29 bits per heavy atom. The van der Waals surface area contributed by atoms with Crippen LogP contribution in [0.5, 0.6) is 0 Å². The Labute approximate surface area is 197 Å². The average Bonchev–Trinajstić information content (AvgIpc) is 2.97. The summed E-state index contributed by atoms with van der Waals surface area (Å²) >= 11 is 0. The largest absolute Gasteiger partial charge is 0.417 e. The van der Waals surface area contributed by atoms with E-state index >= 15 is 0 Å². The number of alkyl halides is 3. The number of halogens is 3. The molecule has 2 amide bonds. The fraction of sp³-hybridized carbons (Fsp3) is 0.640. The summed E-state index contributed by atoms with van der Waals surface area (Å²) in [6, 6.07) is 5.26. The predicted octanol–water partition coefficient (Wildman–Crippen LogP) is 4.08. The first kappa shape index (κ1) is 24.4. The molecule has 3 fully saturated rings. The van der Waals surface area contributed by atoms with Gasteiger partial charge in [-0.05, 0) is 43.9 Å². The number of rotatable bonds is 3.